The highest BCUT2D eigenvalue weighted by atomic mass is 16.5. The maximum Gasteiger partial charge on any atom is 0.336 e. The van der Waals surface area contributed by atoms with Gasteiger partial charge in [-0.25, -0.2) is 4.79 Å². The number of ether oxygens (including phenoxy) is 1. The summed E-state index contributed by atoms with van der Waals surface area (Å²) in [6.45, 7) is 0. The van der Waals surface area contributed by atoms with Crippen LogP contribution < -0.4 is 10.4 Å². The van der Waals surface area contributed by atoms with Crippen LogP contribution in [0.25, 0.3) is 23.1 Å². The van der Waals surface area contributed by atoms with Gasteiger partial charge in [-0.2, -0.15) is 0 Å². The first-order chi connectivity index (χ1) is 10.7. The normalized spacial score (nSPS) is 11.1. The lowest BCUT2D eigenvalue weighted by molar-refractivity contribution is 0.413. The molecule has 1 aromatic heterocycles. The minimum atomic E-state index is -0.403. The molecule has 0 saturated carbocycles. The van der Waals surface area contributed by atoms with Crippen LogP contribution in [0.4, 0.5) is 0 Å². The van der Waals surface area contributed by atoms with Gasteiger partial charge in [0.15, 0.2) is 0 Å². The fraction of sp³-hybridized carbons (Fsp3) is 0.0556. The van der Waals surface area contributed by atoms with E-state index < -0.39 is 5.63 Å². The summed E-state index contributed by atoms with van der Waals surface area (Å²) in [7, 11) is 1.57. The second kappa shape index (κ2) is 5.77. The van der Waals surface area contributed by atoms with Crippen molar-refractivity contribution in [2.45, 2.75) is 0 Å². The highest BCUT2D eigenvalue weighted by Gasteiger charge is 2.08. The van der Waals surface area contributed by atoms with Gasteiger partial charge >= 0.3 is 5.63 Å². The van der Waals surface area contributed by atoms with Crippen molar-refractivity contribution < 1.29 is 14.3 Å². The van der Waals surface area contributed by atoms with Gasteiger partial charge in [-0.05, 0) is 42.0 Å². The van der Waals surface area contributed by atoms with Gasteiger partial charge in [0.1, 0.15) is 17.1 Å². The lowest BCUT2D eigenvalue weighted by atomic mass is 10.1. The fourth-order valence-corrected chi connectivity index (χ4v) is 2.24. The van der Waals surface area contributed by atoms with Crippen LogP contribution in [0.1, 0.15) is 11.1 Å². The number of phenols is 1. The molecule has 110 valence electrons. The zero-order valence-corrected chi connectivity index (χ0v) is 11.9. The van der Waals surface area contributed by atoms with Gasteiger partial charge in [-0.15, -0.1) is 0 Å². The minimum absolute atomic E-state index is 0.214. The molecule has 0 spiro atoms. The minimum Gasteiger partial charge on any atom is -0.508 e. The first-order valence-electron chi connectivity index (χ1n) is 6.75. The molecule has 0 amide bonds. The number of fused-ring (bicyclic) bond motifs is 1. The maximum absolute atomic E-state index is 11.5. The van der Waals surface area contributed by atoms with Crippen LogP contribution in [0, 0.1) is 0 Å². The van der Waals surface area contributed by atoms with Gasteiger partial charge in [0, 0.05) is 11.5 Å². The Morgan fingerprint density at radius 3 is 2.45 bits per heavy atom. The van der Waals surface area contributed by atoms with Gasteiger partial charge in [0.05, 0.1) is 12.7 Å². The average molecular weight is 294 g/mol. The Morgan fingerprint density at radius 2 is 1.73 bits per heavy atom. The maximum atomic E-state index is 11.5. The van der Waals surface area contributed by atoms with E-state index in [-0.39, 0.29) is 5.75 Å². The number of hydrogen-bond donors (Lipinski definition) is 1. The molecule has 0 aliphatic carbocycles. The van der Waals surface area contributed by atoms with Crippen molar-refractivity contribution in [2.75, 3.05) is 7.11 Å². The number of aromatic hydroxyl groups is 1. The highest BCUT2D eigenvalue weighted by molar-refractivity contribution is 5.91. The van der Waals surface area contributed by atoms with Crippen LogP contribution in [0.3, 0.4) is 0 Å². The third-order valence-electron chi connectivity index (χ3n) is 3.34. The summed E-state index contributed by atoms with van der Waals surface area (Å²) in [5, 5.41) is 10.1. The van der Waals surface area contributed by atoms with Crippen molar-refractivity contribution >= 4 is 23.1 Å². The fourth-order valence-electron chi connectivity index (χ4n) is 2.24. The Labute approximate surface area is 126 Å². The summed E-state index contributed by atoms with van der Waals surface area (Å²) in [6, 6.07) is 13.6. The number of rotatable bonds is 3. The summed E-state index contributed by atoms with van der Waals surface area (Å²) in [5.74, 6) is 0.836. The van der Waals surface area contributed by atoms with Crippen LogP contribution >= 0.6 is 0 Å². The molecule has 3 rings (SSSR count). The molecule has 0 unspecified atom stereocenters. The van der Waals surface area contributed by atoms with E-state index >= 15 is 0 Å². The quantitative estimate of drug-likeness (QED) is 0.591. The van der Waals surface area contributed by atoms with Crippen molar-refractivity contribution in [3.8, 4) is 11.5 Å². The van der Waals surface area contributed by atoms with E-state index in [0.717, 1.165) is 10.9 Å². The van der Waals surface area contributed by atoms with Crippen molar-refractivity contribution in [1.82, 2.24) is 0 Å². The van der Waals surface area contributed by atoms with Crippen LogP contribution in [0.5, 0.6) is 11.5 Å². The molecule has 0 fully saturated rings. The van der Waals surface area contributed by atoms with E-state index in [1.54, 1.807) is 37.4 Å². The lowest BCUT2D eigenvalue weighted by Gasteiger charge is -2.07. The molecule has 1 heterocycles. The van der Waals surface area contributed by atoms with E-state index in [2.05, 4.69) is 0 Å². The van der Waals surface area contributed by atoms with E-state index in [4.69, 9.17) is 9.15 Å². The van der Waals surface area contributed by atoms with Crippen LogP contribution in [-0.2, 0) is 0 Å². The van der Waals surface area contributed by atoms with Gasteiger partial charge in [-0.3, -0.25) is 0 Å². The Bertz CT molecular complexity index is 889. The monoisotopic (exact) mass is 294 g/mol. The summed E-state index contributed by atoms with van der Waals surface area (Å²) < 4.78 is 10.7. The molecule has 0 saturated heterocycles. The van der Waals surface area contributed by atoms with Crippen molar-refractivity contribution in [2.24, 2.45) is 0 Å². The standard InChI is InChI=1S/C18H14O4/c1-21-16-10-5-13-6-11-17(20)22-18(13)15(16)9-4-12-2-7-14(19)8-3-12/h2-11,19H,1H3/b9-4+. The molecule has 4 heteroatoms. The molecule has 0 radical (unpaired) electrons. The third-order valence-corrected chi connectivity index (χ3v) is 3.34. The molecule has 0 aliphatic rings. The van der Waals surface area contributed by atoms with Crippen molar-refractivity contribution in [3.63, 3.8) is 0 Å². The molecule has 3 aromatic rings. The van der Waals surface area contributed by atoms with Gasteiger partial charge < -0.3 is 14.3 Å². The van der Waals surface area contributed by atoms with E-state index in [0.29, 0.717) is 16.9 Å². The number of phenolic OH excluding ortho intramolecular Hbond substituents is 1. The Morgan fingerprint density at radius 1 is 1.00 bits per heavy atom. The van der Waals surface area contributed by atoms with Crippen LogP contribution in [0.2, 0.25) is 0 Å². The first-order valence-corrected chi connectivity index (χ1v) is 6.75. The molecular formula is C18H14O4. The predicted octanol–water partition coefficient (Wildman–Crippen LogP) is 3.68. The second-order valence-electron chi connectivity index (χ2n) is 4.78. The Balaban J connectivity index is 2.13. The molecule has 0 bridgehead atoms. The zero-order valence-electron chi connectivity index (χ0n) is 11.9. The lowest BCUT2D eigenvalue weighted by Crippen LogP contribution is -1.97. The molecule has 0 atom stereocenters. The van der Waals surface area contributed by atoms with E-state index in [9.17, 15) is 9.90 Å². The largest absolute Gasteiger partial charge is 0.508 e. The Kier molecular flexibility index (Phi) is 3.66. The van der Waals surface area contributed by atoms with Crippen LogP contribution in [0.15, 0.2) is 57.7 Å². The van der Waals surface area contributed by atoms with Crippen molar-refractivity contribution in [3.05, 3.63) is 70.1 Å². The second-order valence-corrected chi connectivity index (χ2v) is 4.78. The molecular weight excluding hydrogens is 280 g/mol. The molecule has 22 heavy (non-hydrogen) atoms. The molecule has 0 aliphatic heterocycles. The van der Waals surface area contributed by atoms with Gasteiger partial charge in [0.25, 0.3) is 0 Å². The molecule has 1 N–H and O–H groups in total. The Hall–Kier alpha value is -3.01. The third kappa shape index (κ3) is 2.72. The molecule has 4 nitrogen and oxygen atoms in total. The zero-order chi connectivity index (χ0) is 15.5. The summed E-state index contributed by atoms with van der Waals surface area (Å²) in [4.78, 5) is 11.5. The highest BCUT2D eigenvalue weighted by Crippen LogP contribution is 2.29. The number of methoxy groups -OCH3 is 1. The van der Waals surface area contributed by atoms with Crippen LogP contribution in [-0.4, -0.2) is 12.2 Å². The predicted molar refractivity (Wildman–Crippen MR) is 86.1 cm³/mol. The topological polar surface area (TPSA) is 59.7 Å². The van der Waals surface area contributed by atoms with E-state index in [1.807, 2.05) is 24.3 Å². The summed E-state index contributed by atoms with van der Waals surface area (Å²) >= 11 is 0. The number of hydrogen-bond acceptors (Lipinski definition) is 4. The van der Waals surface area contributed by atoms with Gasteiger partial charge in [-0.1, -0.05) is 18.2 Å². The average Bonchev–Trinajstić information content (AvgIpc) is 2.54. The smallest absolute Gasteiger partial charge is 0.336 e. The molecule has 2 aromatic carbocycles. The number of benzene rings is 2. The summed E-state index contributed by atoms with van der Waals surface area (Å²) in [6.07, 6.45) is 3.69. The first kappa shape index (κ1) is 13.9. The SMILES string of the molecule is COc1ccc2ccc(=O)oc2c1/C=C/c1ccc(O)cc1. The van der Waals surface area contributed by atoms with Crippen molar-refractivity contribution in [1.29, 1.82) is 0 Å². The van der Waals surface area contributed by atoms with Gasteiger partial charge in [0.2, 0.25) is 0 Å². The summed E-state index contributed by atoms with van der Waals surface area (Å²) in [5.41, 5.74) is 1.70. The van der Waals surface area contributed by atoms with E-state index in [1.165, 1.54) is 6.07 Å².